The summed E-state index contributed by atoms with van der Waals surface area (Å²) in [6, 6.07) is 3.37. The Labute approximate surface area is 97.7 Å². The summed E-state index contributed by atoms with van der Waals surface area (Å²) < 4.78 is 19.2. The molecule has 0 spiro atoms. The Bertz CT molecular complexity index is 342. The molecule has 1 aromatic rings. The Hall–Kier alpha value is -0.610. The van der Waals surface area contributed by atoms with E-state index in [-0.39, 0.29) is 11.9 Å². The second-order valence-corrected chi connectivity index (χ2v) is 4.51. The lowest BCUT2D eigenvalue weighted by Gasteiger charge is -2.11. The van der Waals surface area contributed by atoms with E-state index in [4.69, 9.17) is 10.5 Å². The van der Waals surface area contributed by atoms with E-state index in [0.717, 1.165) is 22.9 Å². The quantitative estimate of drug-likeness (QED) is 0.917. The van der Waals surface area contributed by atoms with Gasteiger partial charge >= 0.3 is 0 Å². The van der Waals surface area contributed by atoms with Crippen LogP contribution >= 0.6 is 15.9 Å². The molecular formula is C11H15BrFNO. The summed E-state index contributed by atoms with van der Waals surface area (Å²) in [5.41, 5.74) is 6.51. The van der Waals surface area contributed by atoms with Crippen molar-refractivity contribution < 1.29 is 9.13 Å². The number of aryl methyl sites for hydroxylation is 1. The van der Waals surface area contributed by atoms with Crippen molar-refractivity contribution in [1.29, 1.82) is 0 Å². The number of ether oxygens (including phenoxy) is 1. The maximum atomic E-state index is 13.4. The third kappa shape index (κ3) is 3.47. The maximum absolute atomic E-state index is 13.4. The summed E-state index contributed by atoms with van der Waals surface area (Å²) in [7, 11) is 1.47. The summed E-state index contributed by atoms with van der Waals surface area (Å²) >= 11 is 3.26. The SMILES string of the molecule is COc1c(F)cc(Br)cc1CC[C@@H](C)N. The van der Waals surface area contributed by atoms with Crippen LogP contribution in [0.2, 0.25) is 0 Å². The van der Waals surface area contributed by atoms with Crippen molar-refractivity contribution in [3.63, 3.8) is 0 Å². The maximum Gasteiger partial charge on any atom is 0.166 e. The molecule has 1 aromatic carbocycles. The minimum absolute atomic E-state index is 0.108. The molecule has 4 heteroatoms. The molecule has 0 aliphatic rings. The van der Waals surface area contributed by atoms with Gasteiger partial charge in [0, 0.05) is 10.5 Å². The Morgan fingerprint density at radius 1 is 1.53 bits per heavy atom. The Kier molecular flexibility index (Phi) is 4.54. The molecule has 0 amide bonds. The van der Waals surface area contributed by atoms with Crippen LogP contribution in [0.25, 0.3) is 0 Å². The summed E-state index contributed by atoms with van der Waals surface area (Å²) in [5, 5.41) is 0. The van der Waals surface area contributed by atoms with Crippen LogP contribution in [-0.2, 0) is 6.42 Å². The minimum Gasteiger partial charge on any atom is -0.493 e. The van der Waals surface area contributed by atoms with Crippen LogP contribution in [0.5, 0.6) is 5.75 Å². The number of nitrogens with two attached hydrogens (primary N) is 1. The molecule has 0 unspecified atom stereocenters. The average molecular weight is 276 g/mol. The topological polar surface area (TPSA) is 35.2 Å². The molecule has 0 saturated carbocycles. The van der Waals surface area contributed by atoms with E-state index in [1.54, 1.807) is 0 Å². The minimum atomic E-state index is -0.341. The monoisotopic (exact) mass is 275 g/mol. The van der Waals surface area contributed by atoms with Crippen LogP contribution in [-0.4, -0.2) is 13.2 Å². The second-order valence-electron chi connectivity index (χ2n) is 3.60. The van der Waals surface area contributed by atoms with Gasteiger partial charge in [-0.1, -0.05) is 15.9 Å². The molecule has 0 aliphatic heterocycles. The van der Waals surface area contributed by atoms with E-state index >= 15 is 0 Å². The molecule has 0 heterocycles. The summed E-state index contributed by atoms with van der Waals surface area (Å²) in [5.74, 6) is -0.0228. The first-order valence-electron chi connectivity index (χ1n) is 4.82. The van der Waals surface area contributed by atoms with Gasteiger partial charge < -0.3 is 10.5 Å². The average Bonchev–Trinajstić information content (AvgIpc) is 2.13. The Morgan fingerprint density at radius 3 is 2.73 bits per heavy atom. The van der Waals surface area contributed by atoms with E-state index in [9.17, 15) is 4.39 Å². The number of hydrogen-bond donors (Lipinski definition) is 1. The fourth-order valence-electron chi connectivity index (χ4n) is 1.41. The number of benzene rings is 1. The van der Waals surface area contributed by atoms with Gasteiger partial charge in [0.25, 0.3) is 0 Å². The van der Waals surface area contributed by atoms with Gasteiger partial charge in [-0.05, 0) is 37.5 Å². The fraction of sp³-hybridized carbons (Fsp3) is 0.455. The van der Waals surface area contributed by atoms with Crippen molar-refractivity contribution >= 4 is 15.9 Å². The standard InChI is InChI=1S/C11H15BrFNO/c1-7(14)3-4-8-5-9(12)6-10(13)11(8)15-2/h5-7H,3-4,14H2,1-2H3/t7-/m1/s1. The lowest BCUT2D eigenvalue weighted by Crippen LogP contribution is -2.15. The molecule has 1 atom stereocenters. The van der Waals surface area contributed by atoms with E-state index in [1.807, 2.05) is 13.0 Å². The molecule has 1 rings (SSSR count). The zero-order chi connectivity index (χ0) is 11.4. The number of halogens is 2. The van der Waals surface area contributed by atoms with E-state index in [0.29, 0.717) is 5.75 Å². The second kappa shape index (κ2) is 5.47. The molecule has 0 fully saturated rings. The number of hydrogen-bond acceptors (Lipinski definition) is 2. The summed E-state index contributed by atoms with van der Waals surface area (Å²) in [4.78, 5) is 0. The van der Waals surface area contributed by atoms with Gasteiger partial charge in [0.05, 0.1) is 7.11 Å². The molecule has 0 radical (unpaired) electrons. The van der Waals surface area contributed by atoms with Crippen molar-refractivity contribution in [3.8, 4) is 5.75 Å². The lowest BCUT2D eigenvalue weighted by molar-refractivity contribution is 0.380. The van der Waals surface area contributed by atoms with Gasteiger partial charge in [-0.25, -0.2) is 4.39 Å². The van der Waals surface area contributed by atoms with E-state index < -0.39 is 0 Å². The Morgan fingerprint density at radius 2 is 2.20 bits per heavy atom. The van der Waals surface area contributed by atoms with Crippen molar-refractivity contribution in [2.45, 2.75) is 25.8 Å². The van der Waals surface area contributed by atoms with Crippen molar-refractivity contribution in [2.75, 3.05) is 7.11 Å². The first-order chi connectivity index (χ1) is 7.04. The van der Waals surface area contributed by atoms with Gasteiger partial charge in [-0.15, -0.1) is 0 Å². The molecule has 2 nitrogen and oxygen atoms in total. The van der Waals surface area contributed by atoms with Crippen LogP contribution in [0.15, 0.2) is 16.6 Å². The third-order valence-electron chi connectivity index (χ3n) is 2.16. The van der Waals surface area contributed by atoms with Gasteiger partial charge in [-0.2, -0.15) is 0 Å². The highest BCUT2D eigenvalue weighted by Crippen LogP contribution is 2.28. The third-order valence-corrected chi connectivity index (χ3v) is 2.62. The van der Waals surface area contributed by atoms with E-state index in [1.165, 1.54) is 13.2 Å². The summed E-state index contributed by atoms with van der Waals surface area (Å²) in [6.45, 7) is 1.93. The zero-order valence-electron chi connectivity index (χ0n) is 8.89. The lowest BCUT2D eigenvalue weighted by atomic mass is 10.1. The van der Waals surface area contributed by atoms with Gasteiger partial charge in [0.1, 0.15) is 0 Å². The molecule has 0 aromatic heterocycles. The fourth-order valence-corrected chi connectivity index (χ4v) is 1.89. The molecular weight excluding hydrogens is 261 g/mol. The smallest absolute Gasteiger partial charge is 0.166 e. The number of rotatable bonds is 4. The zero-order valence-corrected chi connectivity index (χ0v) is 10.5. The first kappa shape index (κ1) is 12.5. The summed E-state index contributed by atoms with van der Waals surface area (Å²) in [6.07, 6.45) is 1.53. The van der Waals surface area contributed by atoms with Gasteiger partial charge in [0.2, 0.25) is 0 Å². The van der Waals surface area contributed by atoms with Crippen LogP contribution in [0.3, 0.4) is 0 Å². The van der Waals surface area contributed by atoms with Crippen molar-refractivity contribution in [1.82, 2.24) is 0 Å². The van der Waals surface area contributed by atoms with Gasteiger partial charge in [0.15, 0.2) is 11.6 Å². The van der Waals surface area contributed by atoms with Crippen LogP contribution in [0.1, 0.15) is 18.9 Å². The highest BCUT2D eigenvalue weighted by atomic mass is 79.9. The Balaban J connectivity index is 2.93. The predicted octanol–water partition coefficient (Wildman–Crippen LogP) is 2.88. The highest BCUT2D eigenvalue weighted by Gasteiger charge is 2.11. The van der Waals surface area contributed by atoms with Crippen LogP contribution in [0, 0.1) is 5.82 Å². The van der Waals surface area contributed by atoms with Crippen LogP contribution in [0.4, 0.5) is 4.39 Å². The predicted molar refractivity (Wildman–Crippen MR) is 62.6 cm³/mol. The molecule has 0 saturated heterocycles. The molecule has 15 heavy (non-hydrogen) atoms. The molecule has 0 aliphatic carbocycles. The molecule has 2 N–H and O–H groups in total. The highest BCUT2D eigenvalue weighted by molar-refractivity contribution is 9.10. The van der Waals surface area contributed by atoms with Crippen LogP contribution < -0.4 is 10.5 Å². The van der Waals surface area contributed by atoms with Crippen molar-refractivity contribution in [3.05, 3.63) is 28.0 Å². The normalized spacial score (nSPS) is 12.6. The van der Waals surface area contributed by atoms with E-state index in [2.05, 4.69) is 15.9 Å². The number of methoxy groups -OCH3 is 1. The van der Waals surface area contributed by atoms with Gasteiger partial charge in [-0.3, -0.25) is 0 Å². The first-order valence-corrected chi connectivity index (χ1v) is 5.61. The largest absolute Gasteiger partial charge is 0.493 e. The molecule has 84 valence electrons. The van der Waals surface area contributed by atoms with Crippen molar-refractivity contribution in [2.24, 2.45) is 5.73 Å². The molecule has 0 bridgehead atoms.